The van der Waals surface area contributed by atoms with Gasteiger partial charge in [-0.2, -0.15) is 0 Å². The van der Waals surface area contributed by atoms with Crippen molar-refractivity contribution in [2.75, 3.05) is 11.1 Å². The molecule has 3 N–H and O–H groups in total. The summed E-state index contributed by atoms with van der Waals surface area (Å²) in [7, 11) is 0. The summed E-state index contributed by atoms with van der Waals surface area (Å²) < 4.78 is 14.3. The Morgan fingerprint density at radius 2 is 2.15 bits per heavy atom. The molecule has 0 radical (unpaired) electrons. The first kappa shape index (κ1) is 14.3. The van der Waals surface area contributed by atoms with Gasteiger partial charge in [0.2, 0.25) is 5.91 Å². The summed E-state index contributed by atoms with van der Waals surface area (Å²) in [5, 5.41) is 2.56. The predicted molar refractivity (Wildman–Crippen MR) is 77.5 cm³/mol. The average molecular weight is 295 g/mol. The smallest absolute Gasteiger partial charge is 0.308 e. The molecule has 0 saturated heterocycles. The molecule has 0 atom stereocenters. The lowest BCUT2D eigenvalue weighted by atomic mass is 10.2. The summed E-state index contributed by atoms with van der Waals surface area (Å²) in [5.41, 5.74) is 6.84. The van der Waals surface area contributed by atoms with Gasteiger partial charge in [-0.05, 0) is 32.0 Å². The van der Waals surface area contributed by atoms with E-state index in [4.69, 9.17) is 5.73 Å². The zero-order chi connectivity index (χ0) is 14.9. The second kappa shape index (κ2) is 5.46. The van der Waals surface area contributed by atoms with Gasteiger partial charge in [0, 0.05) is 10.6 Å². The number of carbonyl (C=O) groups is 1. The van der Waals surface area contributed by atoms with Gasteiger partial charge in [-0.1, -0.05) is 11.3 Å². The number of nitrogens with one attached hydrogen (secondary N) is 1. The lowest BCUT2D eigenvalue weighted by Gasteiger charge is -2.09. The lowest BCUT2D eigenvalue weighted by Crippen LogP contribution is -2.25. The van der Waals surface area contributed by atoms with E-state index in [0.717, 1.165) is 28.0 Å². The van der Waals surface area contributed by atoms with E-state index < -0.39 is 5.82 Å². The van der Waals surface area contributed by atoms with Gasteiger partial charge in [-0.3, -0.25) is 14.2 Å². The molecule has 1 aromatic heterocycles. The topological polar surface area (TPSA) is 77.1 Å². The van der Waals surface area contributed by atoms with Crippen LogP contribution in [0.4, 0.5) is 15.8 Å². The van der Waals surface area contributed by atoms with Crippen LogP contribution in [0.2, 0.25) is 0 Å². The SMILES string of the molecule is Cc1sc(=O)n(CC(=O)Nc2ccc(F)cc2N)c1C. The van der Waals surface area contributed by atoms with Crippen molar-refractivity contribution < 1.29 is 9.18 Å². The summed E-state index contributed by atoms with van der Waals surface area (Å²) in [4.78, 5) is 24.3. The molecule has 1 aromatic carbocycles. The van der Waals surface area contributed by atoms with Gasteiger partial charge in [-0.15, -0.1) is 0 Å². The van der Waals surface area contributed by atoms with E-state index in [9.17, 15) is 14.0 Å². The summed E-state index contributed by atoms with van der Waals surface area (Å²) in [6.45, 7) is 3.52. The van der Waals surface area contributed by atoms with Crippen LogP contribution in [0.25, 0.3) is 0 Å². The number of nitrogens with two attached hydrogens (primary N) is 1. The molecule has 0 aliphatic heterocycles. The van der Waals surface area contributed by atoms with Crippen LogP contribution in [0.5, 0.6) is 0 Å². The lowest BCUT2D eigenvalue weighted by molar-refractivity contribution is -0.116. The van der Waals surface area contributed by atoms with Crippen LogP contribution in [-0.2, 0) is 11.3 Å². The number of amides is 1. The Balaban J connectivity index is 2.15. The number of nitrogens with zero attached hydrogens (tertiary/aromatic N) is 1. The molecule has 7 heteroatoms. The van der Waals surface area contributed by atoms with Crippen molar-refractivity contribution in [3.63, 3.8) is 0 Å². The fourth-order valence-electron chi connectivity index (χ4n) is 1.75. The third-order valence-electron chi connectivity index (χ3n) is 2.96. The van der Waals surface area contributed by atoms with Gasteiger partial charge in [-0.25, -0.2) is 4.39 Å². The van der Waals surface area contributed by atoms with Crippen molar-refractivity contribution in [2.24, 2.45) is 0 Å². The molecule has 1 heterocycles. The minimum absolute atomic E-state index is 0.0914. The summed E-state index contributed by atoms with van der Waals surface area (Å²) in [6, 6.07) is 3.72. The number of hydrogen-bond acceptors (Lipinski definition) is 4. The standard InChI is InChI=1S/C13H14FN3O2S/c1-7-8(2)20-13(19)17(7)6-12(18)16-11-4-3-9(14)5-10(11)15/h3-5H,6,15H2,1-2H3,(H,16,18). The Morgan fingerprint density at radius 1 is 1.45 bits per heavy atom. The Morgan fingerprint density at radius 3 is 2.70 bits per heavy atom. The maximum absolute atomic E-state index is 12.9. The van der Waals surface area contributed by atoms with E-state index in [1.807, 2.05) is 6.92 Å². The van der Waals surface area contributed by atoms with Crippen LogP contribution in [-0.4, -0.2) is 10.5 Å². The van der Waals surface area contributed by atoms with E-state index in [1.165, 1.54) is 16.7 Å². The molecular formula is C13H14FN3O2S. The first-order valence-electron chi connectivity index (χ1n) is 5.90. The second-order valence-corrected chi connectivity index (χ2v) is 5.54. The molecule has 106 valence electrons. The molecule has 0 fully saturated rings. The van der Waals surface area contributed by atoms with Crippen molar-refractivity contribution in [3.05, 3.63) is 44.3 Å². The minimum Gasteiger partial charge on any atom is -0.397 e. The molecule has 0 unspecified atom stereocenters. The molecule has 20 heavy (non-hydrogen) atoms. The molecule has 1 amide bonds. The summed E-state index contributed by atoms with van der Waals surface area (Å²) >= 11 is 1.10. The average Bonchev–Trinajstić information content (AvgIpc) is 2.60. The molecule has 5 nitrogen and oxygen atoms in total. The van der Waals surface area contributed by atoms with Crippen molar-refractivity contribution in [1.29, 1.82) is 0 Å². The molecule has 0 spiro atoms. The first-order chi connectivity index (χ1) is 9.38. The molecule has 0 aliphatic carbocycles. The highest BCUT2D eigenvalue weighted by molar-refractivity contribution is 7.09. The zero-order valence-electron chi connectivity index (χ0n) is 11.1. The van der Waals surface area contributed by atoms with Crippen LogP contribution in [0.3, 0.4) is 0 Å². The number of halogens is 1. The highest BCUT2D eigenvalue weighted by Gasteiger charge is 2.12. The molecular weight excluding hydrogens is 281 g/mol. The minimum atomic E-state index is -0.471. The normalized spacial score (nSPS) is 10.6. The Labute approximate surface area is 118 Å². The predicted octanol–water partition coefficient (Wildman–Crippen LogP) is 1.89. The number of aryl methyl sites for hydroxylation is 1. The van der Waals surface area contributed by atoms with E-state index in [2.05, 4.69) is 5.32 Å². The number of benzene rings is 1. The van der Waals surface area contributed by atoms with Gasteiger partial charge in [0.05, 0.1) is 11.4 Å². The largest absolute Gasteiger partial charge is 0.397 e. The molecule has 0 aliphatic rings. The number of rotatable bonds is 3. The van der Waals surface area contributed by atoms with E-state index in [0.29, 0.717) is 5.69 Å². The molecule has 0 bridgehead atoms. The zero-order valence-corrected chi connectivity index (χ0v) is 11.9. The van der Waals surface area contributed by atoms with Crippen LogP contribution in [0.1, 0.15) is 10.6 Å². The van der Waals surface area contributed by atoms with E-state index in [-0.39, 0.29) is 23.0 Å². The van der Waals surface area contributed by atoms with E-state index >= 15 is 0 Å². The number of anilines is 2. The first-order valence-corrected chi connectivity index (χ1v) is 6.72. The number of thiazole rings is 1. The molecule has 0 saturated carbocycles. The Kier molecular flexibility index (Phi) is 3.89. The van der Waals surface area contributed by atoms with E-state index in [1.54, 1.807) is 6.92 Å². The van der Waals surface area contributed by atoms with Gasteiger partial charge < -0.3 is 11.1 Å². The Bertz CT molecular complexity index is 721. The van der Waals surface area contributed by atoms with Crippen molar-refractivity contribution >= 4 is 28.6 Å². The molecule has 2 aromatic rings. The maximum Gasteiger partial charge on any atom is 0.308 e. The quantitative estimate of drug-likeness (QED) is 0.849. The van der Waals surface area contributed by atoms with Crippen molar-refractivity contribution in [1.82, 2.24) is 4.57 Å². The number of nitrogen functional groups attached to an aromatic ring is 1. The van der Waals surface area contributed by atoms with Gasteiger partial charge in [0.15, 0.2) is 0 Å². The van der Waals surface area contributed by atoms with Crippen LogP contribution < -0.4 is 15.9 Å². The summed E-state index contributed by atoms with van der Waals surface area (Å²) in [6.07, 6.45) is 0. The van der Waals surface area contributed by atoms with Crippen LogP contribution in [0, 0.1) is 19.7 Å². The second-order valence-electron chi connectivity index (χ2n) is 4.38. The highest BCUT2D eigenvalue weighted by Crippen LogP contribution is 2.19. The third kappa shape index (κ3) is 2.88. The number of carbonyl (C=O) groups excluding carboxylic acids is 1. The molecule has 2 rings (SSSR count). The number of aromatic nitrogens is 1. The number of hydrogen-bond donors (Lipinski definition) is 2. The fraction of sp³-hybridized carbons (Fsp3) is 0.231. The van der Waals surface area contributed by atoms with Gasteiger partial charge in [0.1, 0.15) is 12.4 Å². The Hall–Kier alpha value is -2.15. The monoisotopic (exact) mass is 295 g/mol. The van der Waals surface area contributed by atoms with Crippen LogP contribution >= 0.6 is 11.3 Å². The third-order valence-corrected chi connectivity index (χ3v) is 3.96. The van der Waals surface area contributed by atoms with Crippen LogP contribution in [0.15, 0.2) is 23.0 Å². The maximum atomic E-state index is 12.9. The van der Waals surface area contributed by atoms with Gasteiger partial charge >= 0.3 is 4.87 Å². The highest BCUT2D eigenvalue weighted by atomic mass is 32.1. The summed E-state index contributed by atoms with van der Waals surface area (Å²) in [5.74, 6) is -0.854. The van der Waals surface area contributed by atoms with Crippen molar-refractivity contribution in [3.8, 4) is 0 Å². The van der Waals surface area contributed by atoms with Gasteiger partial charge in [0.25, 0.3) is 0 Å². The fourth-order valence-corrected chi connectivity index (χ4v) is 2.58. The van der Waals surface area contributed by atoms with Crippen molar-refractivity contribution in [2.45, 2.75) is 20.4 Å².